The van der Waals surface area contributed by atoms with Gasteiger partial charge in [0.05, 0.1) is 5.69 Å². The van der Waals surface area contributed by atoms with Crippen LogP contribution in [-0.2, 0) is 0 Å². The molecule has 0 spiro atoms. The fourth-order valence-electron chi connectivity index (χ4n) is 5.96. The topological polar surface area (TPSA) is 87.7 Å². The monoisotopic (exact) mass is 487 g/mol. The summed E-state index contributed by atoms with van der Waals surface area (Å²) in [4.78, 5) is 60.5. The lowest BCUT2D eigenvalue weighted by atomic mass is 9.85. The van der Waals surface area contributed by atoms with Gasteiger partial charge in [0.25, 0.3) is 23.6 Å². The molecule has 0 atom stereocenters. The van der Waals surface area contributed by atoms with Crippen molar-refractivity contribution in [2.45, 2.75) is 31.6 Å². The van der Waals surface area contributed by atoms with Crippen LogP contribution in [-0.4, -0.2) is 28.6 Å². The number of amides is 4. The van der Waals surface area contributed by atoms with Crippen molar-refractivity contribution in [3.63, 3.8) is 0 Å². The van der Waals surface area contributed by atoms with E-state index >= 15 is 0 Å². The number of imide groups is 2. The quantitative estimate of drug-likeness (QED) is 0.357. The average Bonchev–Trinajstić information content (AvgIpc) is 3.47. The Hall–Kier alpha value is -4.65. The third kappa shape index (κ3) is 3.03. The van der Waals surface area contributed by atoms with E-state index in [-0.39, 0.29) is 16.9 Å². The molecule has 0 radical (unpaired) electrons. The molecule has 0 N–H and O–H groups in total. The van der Waals surface area contributed by atoms with E-state index in [4.69, 9.17) is 0 Å². The predicted molar refractivity (Wildman–Crippen MR) is 138 cm³/mol. The van der Waals surface area contributed by atoms with Gasteiger partial charge in [-0.3, -0.25) is 19.2 Å². The number of pyridine rings is 1. The number of rotatable bonds is 3. The first-order valence-corrected chi connectivity index (χ1v) is 12.4. The summed E-state index contributed by atoms with van der Waals surface area (Å²) in [5, 5.41) is 0.696. The van der Waals surface area contributed by atoms with Crippen LogP contribution in [0, 0.1) is 0 Å². The summed E-state index contributed by atoms with van der Waals surface area (Å²) in [6, 6.07) is 18.9. The van der Waals surface area contributed by atoms with Gasteiger partial charge >= 0.3 is 0 Å². The summed E-state index contributed by atoms with van der Waals surface area (Å²) in [7, 11) is 0. The van der Waals surface area contributed by atoms with Gasteiger partial charge < -0.3 is 0 Å². The predicted octanol–water partition coefficient (Wildman–Crippen LogP) is 5.49. The molecule has 1 aromatic heterocycles. The zero-order valence-corrected chi connectivity index (χ0v) is 19.8. The first kappa shape index (κ1) is 21.6. The molecule has 0 bridgehead atoms. The van der Waals surface area contributed by atoms with E-state index in [9.17, 15) is 19.2 Å². The van der Waals surface area contributed by atoms with E-state index in [0.717, 1.165) is 17.7 Å². The van der Waals surface area contributed by atoms with Crippen molar-refractivity contribution >= 4 is 45.9 Å². The molecule has 2 aliphatic heterocycles. The Balaban J connectivity index is 1.34. The van der Waals surface area contributed by atoms with Crippen molar-refractivity contribution in [3.05, 3.63) is 101 Å². The lowest BCUT2D eigenvalue weighted by Crippen LogP contribution is -2.43. The van der Waals surface area contributed by atoms with Crippen molar-refractivity contribution in [2.75, 3.05) is 9.80 Å². The van der Waals surface area contributed by atoms with E-state index in [1.807, 2.05) is 24.3 Å². The smallest absolute Gasteiger partial charge is 0.267 e. The van der Waals surface area contributed by atoms with Gasteiger partial charge in [-0.05, 0) is 72.9 Å². The van der Waals surface area contributed by atoms with E-state index in [1.165, 1.54) is 29.5 Å². The Bertz CT molecular complexity index is 1580. The number of aromatic nitrogens is 1. The zero-order chi connectivity index (χ0) is 25.3. The minimum absolute atomic E-state index is 0.218. The maximum absolute atomic E-state index is 13.6. The third-order valence-corrected chi connectivity index (χ3v) is 7.75. The second-order valence-electron chi connectivity index (χ2n) is 9.72. The molecule has 7 heteroatoms. The van der Waals surface area contributed by atoms with Gasteiger partial charge in [0.15, 0.2) is 0 Å². The van der Waals surface area contributed by atoms with Gasteiger partial charge in [-0.15, -0.1) is 0 Å². The van der Waals surface area contributed by atoms with Crippen LogP contribution in [0.15, 0.2) is 72.9 Å². The molecule has 4 aromatic rings. The highest BCUT2D eigenvalue weighted by molar-refractivity contribution is 6.42. The van der Waals surface area contributed by atoms with Crippen LogP contribution in [0.1, 0.15) is 78.6 Å². The lowest BCUT2D eigenvalue weighted by Gasteiger charge is -2.31. The highest BCUT2D eigenvalue weighted by Crippen LogP contribution is 2.40. The number of benzene rings is 3. The SMILES string of the molecule is O=C1c2ccc3c4c(ccc(c24)C(=O)N1c1ccc(C2CCCC2)cc1)C(=O)N(c1ccccn1)C3=O. The largest absolute Gasteiger partial charge is 0.268 e. The molecule has 1 saturated carbocycles. The Kier molecular flexibility index (Phi) is 4.63. The summed E-state index contributed by atoms with van der Waals surface area (Å²) in [6.45, 7) is 0. The van der Waals surface area contributed by atoms with Crippen LogP contribution in [0.2, 0.25) is 0 Å². The second-order valence-corrected chi connectivity index (χ2v) is 9.72. The van der Waals surface area contributed by atoms with E-state index in [2.05, 4.69) is 4.98 Å². The first-order chi connectivity index (χ1) is 18.0. The Morgan fingerprint density at radius 1 is 0.595 bits per heavy atom. The van der Waals surface area contributed by atoms with Crippen molar-refractivity contribution in [3.8, 4) is 0 Å². The lowest BCUT2D eigenvalue weighted by molar-refractivity contribution is 0.0872. The van der Waals surface area contributed by atoms with Crippen molar-refractivity contribution in [1.82, 2.24) is 4.98 Å². The summed E-state index contributed by atoms with van der Waals surface area (Å²) in [6.07, 6.45) is 6.29. The maximum Gasteiger partial charge on any atom is 0.267 e. The van der Waals surface area contributed by atoms with Crippen LogP contribution >= 0.6 is 0 Å². The zero-order valence-electron chi connectivity index (χ0n) is 19.8. The minimum atomic E-state index is -0.537. The van der Waals surface area contributed by atoms with Crippen molar-refractivity contribution in [1.29, 1.82) is 0 Å². The number of carbonyl (C=O) groups is 4. The third-order valence-electron chi connectivity index (χ3n) is 7.75. The highest BCUT2D eigenvalue weighted by atomic mass is 16.2. The first-order valence-electron chi connectivity index (χ1n) is 12.4. The van der Waals surface area contributed by atoms with E-state index in [1.54, 1.807) is 42.5 Å². The van der Waals surface area contributed by atoms with Crippen LogP contribution in [0.5, 0.6) is 0 Å². The molecule has 1 aliphatic carbocycles. The number of carbonyl (C=O) groups excluding carboxylic acids is 4. The van der Waals surface area contributed by atoms with E-state index < -0.39 is 23.6 Å². The highest BCUT2D eigenvalue weighted by Gasteiger charge is 2.41. The van der Waals surface area contributed by atoms with Gasteiger partial charge in [0.1, 0.15) is 5.82 Å². The molecule has 37 heavy (non-hydrogen) atoms. The fraction of sp³-hybridized carbons (Fsp3) is 0.167. The van der Waals surface area contributed by atoms with Crippen molar-refractivity contribution in [2.24, 2.45) is 0 Å². The Morgan fingerprint density at radius 2 is 1.11 bits per heavy atom. The number of hydrogen-bond donors (Lipinski definition) is 0. The van der Waals surface area contributed by atoms with Gasteiger partial charge in [-0.1, -0.05) is 31.0 Å². The normalized spacial score (nSPS) is 17.3. The molecular formula is C30H21N3O4. The number of nitrogens with zero attached hydrogens (tertiary/aromatic N) is 3. The van der Waals surface area contributed by atoms with Crippen LogP contribution in [0.3, 0.4) is 0 Å². The molecule has 1 fully saturated rings. The fourth-order valence-corrected chi connectivity index (χ4v) is 5.96. The standard InChI is InChI=1S/C30H21N3O4/c34-27-20-12-14-22-26-23(30(37)33(29(22)36)24-7-3-4-16-31-24)15-13-21(25(20)26)28(35)32(27)19-10-8-18(9-11-19)17-5-1-2-6-17/h3-4,7-17H,1-2,5-6H2. The Morgan fingerprint density at radius 3 is 1.59 bits per heavy atom. The van der Waals surface area contributed by atoms with Gasteiger partial charge in [0, 0.05) is 39.2 Å². The molecule has 180 valence electrons. The summed E-state index contributed by atoms with van der Waals surface area (Å²) in [5.74, 6) is -1.27. The summed E-state index contributed by atoms with van der Waals surface area (Å²) in [5.41, 5.74) is 2.84. The molecule has 3 heterocycles. The molecule has 0 saturated heterocycles. The van der Waals surface area contributed by atoms with E-state index in [0.29, 0.717) is 33.5 Å². The molecule has 7 rings (SSSR count). The van der Waals surface area contributed by atoms with Crippen LogP contribution in [0.25, 0.3) is 10.8 Å². The maximum atomic E-state index is 13.6. The minimum Gasteiger partial charge on any atom is -0.268 e. The van der Waals surface area contributed by atoms with Gasteiger partial charge in [0.2, 0.25) is 0 Å². The van der Waals surface area contributed by atoms with Gasteiger partial charge in [-0.2, -0.15) is 0 Å². The molecular weight excluding hydrogens is 466 g/mol. The average molecular weight is 488 g/mol. The molecule has 3 aliphatic rings. The Labute approximate surface area is 212 Å². The van der Waals surface area contributed by atoms with Crippen LogP contribution < -0.4 is 9.80 Å². The molecule has 3 aromatic carbocycles. The summed E-state index contributed by atoms with van der Waals surface area (Å²) < 4.78 is 0. The second kappa shape index (κ2) is 7.93. The number of anilines is 2. The van der Waals surface area contributed by atoms with Crippen LogP contribution in [0.4, 0.5) is 11.5 Å². The van der Waals surface area contributed by atoms with Gasteiger partial charge in [-0.25, -0.2) is 14.8 Å². The molecule has 0 unspecified atom stereocenters. The molecule has 4 amide bonds. The number of hydrogen-bond acceptors (Lipinski definition) is 5. The molecule has 7 nitrogen and oxygen atoms in total. The van der Waals surface area contributed by atoms with Crippen molar-refractivity contribution < 1.29 is 19.2 Å². The summed E-state index contributed by atoms with van der Waals surface area (Å²) >= 11 is 0.